The standard InChI is InChI=1S/C12H18N2O3S2/c1-7-4-12(18-11(7)6-13)19(15,16)14-9-5-8-2-3-10(9)17-8/h4,8-10,14H,2-3,5-6,13H2,1H3. The molecule has 7 heteroatoms. The first-order chi connectivity index (χ1) is 8.99. The van der Waals surface area contributed by atoms with Crippen LogP contribution in [-0.4, -0.2) is 26.7 Å². The first kappa shape index (κ1) is 13.5. The van der Waals surface area contributed by atoms with Crippen molar-refractivity contribution in [1.29, 1.82) is 0 Å². The van der Waals surface area contributed by atoms with Crippen molar-refractivity contribution >= 4 is 21.4 Å². The summed E-state index contributed by atoms with van der Waals surface area (Å²) in [6, 6.07) is 1.62. The van der Waals surface area contributed by atoms with Crippen molar-refractivity contribution in [2.24, 2.45) is 5.73 Å². The first-order valence-electron chi connectivity index (χ1n) is 6.47. The molecule has 2 fully saturated rings. The molecule has 2 saturated heterocycles. The van der Waals surface area contributed by atoms with Crippen LogP contribution in [0.3, 0.4) is 0 Å². The summed E-state index contributed by atoms with van der Waals surface area (Å²) in [5.41, 5.74) is 6.54. The molecule has 3 N–H and O–H groups in total. The molecule has 0 radical (unpaired) electrons. The molecule has 3 unspecified atom stereocenters. The molecule has 106 valence electrons. The second-order valence-corrected chi connectivity index (χ2v) is 8.29. The lowest BCUT2D eigenvalue weighted by Crippen LogP contribution is -2.41. The van der Waals surface area contributed by atoms with Crippen molar-refractivity contribution in [3.8, 4) is 0 Å². The molecule has 0 aliphatic carbocycles. The highest BCUT2D eigenvalue weighted by molar-refractivity contribution is 7.91. The predicted octanol–water partition coefficient (Wildman–Crippen LogP) is 1.11. The topological polar surface area (TPSA) is 81.4 Å². The Morgan fingerprint density at radius 3 is 2.84 bits per heavy atom. The van der Waals surface area contributed by atoms with Gasteiger partial charge in [-0.3, -0.25) is 0 Å². The van der Waals surface area contributed by atoms with Gasteiger partial charge < -0.3 is 10.5 Å². The number of aryl methyl sites for hydroxylation is 1. The molecule has 1 aromatic heterocycles. The van der Waals surface area contributed by atoms with Crippen LogP contribution in [0.4, 0.5) is 0 Å². The van der Waals surface area contributed by atoms with E-state index in [-0.39, 0.29) is 18.2 Å². The molecule has 0 aromatic carbocycles. The van der Waals surface area contributed by atoms with E-state index in [0.29, 0.717) is 10.8 Å². The highest BCUT2D eigenvalue weighted by atomic mass is 32.2. The van der Waals surface area contributed by atoms with Crippen molar-refractivity contribution < 1.29 is 13.2 Å². The van der Waals surface area contributed by atoms with Gasteiger partial charge in [0.15, 0.2) is 0 Å². The van der Waals surface area contributed by atoms with Gasteiger partial charge in [0.25, 0.3) is 0 Å². The van der Waals surface area contributed by atoms with E-state index in [1.807, 2.05) is 6.92 Å². The SMILES string of the molecule is Cc1cc(S(=O)(=O)NC2CC3CCC2O3)sc1CN. The third kappa shape index (κ3) is 2.45. The van der Waals surface area contributed by atoms with Gasteiger partial charge in [-0.15, -0.1) is 11.3 Å². The molecule has 3 heterocycles. The Hall–Kier alpha value is -0.470. The molecule has 1 aromatic rings. The fourth-order valence-corrected chi connectivity index (χ4v) is 5.60. The fraction of sp³-hybridized carbons (Fsp3) is 0.667. The van der Waals surface area contributed by atoms with E-state index in [1.165, 1.54) is 11.3 Å². The zero-order valence-electron chi connectivity index (χ0n) is 10.8. The number of thiophene rings is 1. The smallest absolute Gasteiger partial charge is 0.250 e. The average molecular weight is 302 g/mol. The van der Waals surface area contributed by atoms with Crippen LogP contribution in [0.5, 0.6) is 0 Å². The van der Waals surface area contributed by atoms with E-state index < -0.39 is 10.0 Å². The molecule has 2 aliphatic rings. The van der Waals surface area contributed by atoms with E-state index in [9.17, 15) is 8.42 Å². The number of hydrogen-bond donors (Lipinski definition) is 2. The number of nitrogens with one attached hydrogen (secondary N) is 1. The van der Waals surface area contributed by atoms with Gasteiger partial charge >= 0.3 is 0 Å². The molecule has 3 atom stereocenters. The van der Waals surface area contributed by atoms with Crippen LogP contribution in [-0.2, 0) is 21.3 Å². The monoisotopic (exact) mass is 302 g/mol. The van der Waals surface area contributed by atoms with Crippen LogP contribution in [0.2, 0.25) is 0 Å². The Morgan fingerprint density at radius 2 is 2.32 bits per heavy atom. The van der Waals surface area contributed by atoms with E-state index in [4.69, 9.17) is 10.5 Å². The number of hydrogen-bond acceptors (Lipinski definition) is 5. The largest absolute Gasteiger partial charge is 0.373 e. The third-order valence-corrected chi connectivity index (χ3v) is 7.08. The van der Waals surface area contributed by atoms with E-state index in [0.717, 1.165) is 29.7 Å². The van der Waals surface area contributed by atoms with Gasteiger partial charge in [0.05, 0.1) is 18.2 Å². The summed E-state index contributed by atoms with van der Waals surface area (Å²) in [6.45, 7) is 2.27. The lowest BCUT2D eigenvalue weighted by Gasteiger charge is -2.19. The first-order valence-corrected chi connectivity index (χ1v) is 8.77. The summed E-state index contributed by atoms with van der Waals surface area (Å²) < 4.78 is 33.5. The number of ether oxygens (including phenoxy) is 1. The summed E-state index contributed by atoms with van der Waals surface area (Å²) in [4.78, 5) is 0.921. The van der Waals surface area contributed by atoms with Crippen molar-refractivity contribution in [2.45, 2.75) is 55.2 Å². The molecule has 2 aliphatic heterocycles. The molecule has 2 bridgehead atoms. The fourth-order valence-electron chi connectivity index (χ4n) is 2.84. The van der Waals surface area contributed by atoms with Gasteiger partial charge in [0, 0.05) is 11.4 Å². The molecule has 0 saturated carbocycles. The van der Waals surface area contributed by atoms with Crippen LogP contribution in [0.1, 0.15) is 29.7 Å². The quantitative estimate of drug-likeness (QED) is 0.873. The van der Waals surface area contributed by atoms with Crippen LogP contribution in [0, 0.1) is 6.92 Å². The zero-order chi connectivity index (χ0) is 13.6. The van der Waals surface area contributed by atoms with Crippen molar-refractivity contribution in [2.75, 3.05) is 0 Å². The van der Waals surface area contributed by atoms with Gasteiger partial charge in [-0.05, 0) is 37.8 Å². The van der Waals surface area contributed by atoms with Crippen molar-refractivity contribution in [3.63, 3.8) is 0 Å². The Morgan fingerprint density at radius 1 is 1.53 bits per heavy atom. The number of fused-ring (bicyclic) bond motifs is 2. The molecular formula is C12H18N2O3S2. The maximum Gasteiger partial charge on any atom is 0.250 e. The minimum absolute atomic E-state index is 0.0508. The van der Waals surface area contributed by atoms with Crippen molar-refractivity contribution in [1.82, 2.24) is 4.72 Å². The van der Waals surface area contributed by atoms with E-state index in [2.05, 4.69) is 4.72 Å². The maximum absolute atomic E-state index is 12.3. The van der Waals surface area contributed by atoms with Gasteiger partial charge in [-0.1, -0.05) is 0 Å². The number of sulfonamides is 1. The number of nitrogens with two attached hydrogens (primary N) is 1. The second kappa shape index (κ2) is 4.82. The molecule has 5 nitrogen and oxygen atoms in total. The summed E-state index contributed by atoms with van der Waals surface area (Å²) in [5.74, 6) is 0. The molecule has 19 heavy (non-hydrogen) atoms. The minimum Gasteiger partial charge on any atom is -0.373 e. The number of rotatable bonds is 4. The molecule has 0 spiro atoms. The predicted molar refractivity (Wildman–Crippen MR) is 73.6 cm³/mol. The third-order valence-electron chi connectivity index (χ3n) is 3.86. The van der Waals surface area contributed by atoms with Gasteiger partial charge in [-0.25, -0.2) is 13.1 Å². The zero-order valence-corrected chi connectivity index (χ0v) is 12.4. The lowest BCUT2D eigenvalue weighted by molar-refractivity contribution is 0.0996. The highest BCUT2D eigenvalue weighted by Gasteiger charge is 2.42. The summed E-state index contributed by atoms with van der Waals surface area (Å²) >= 11 is 1.25. The Kier molecular flexibility index (Phi) is 3.43. The normalized spacial score (nSPS) is 30.1. The summed E-state index contributed by atoms with van der Waals surface area (Å²) in [7, 11) is -3.44. The average Bonchev–Trinajstić information content (AvgIpc) is 3.02. The molecular weight excluding hydrogens is 284 g/mol. The van der Waals surface area contributed by atoms with Gasteiger partial charge in [0.1, 0.15) is 4.21 Å². The van der Waals surface area contributed by atoms with Crippen LogP contribution < -0.4 is 10.5 Å². The second-order valence-electron chi connectivity index (χ2n) is 5.21. The van der Waals surface area contributed by atoms with Gasteiger partial charge in [0.2, 0.25) is 10.0 Å². The van der Waals surface area contributed by atoms with E-state index in [1.54, 1.807) is 6.07 Å². The Bertz CT molecular complexity index is 582. The Balaban J connectivity index is 1.78. The minimum atomic E-state index is -3.44. The van der Waals surface area contributed by atoms with Crippen molar-refractivity contribution in [3.05, 3.63) is 16.5 Å². The Labute approximate surface area is 117 Å². The van der Waals surface area contributed by atoms with Crippen LogP contribution in [0.15, 0.2) is 10.3 Å². The van der Waals surface area contributed by atoms with Gasteiger partial charge in [-0.2, -0.15) is 0 Å². The summed E-state index contributed by atoms with van der Waals surface area (Å²) in [5, 5.41) is 0. The summed E-state index contributed by atoms with van der Waals surface area (Å²) in [6.07, 6.45) is 3.09. The lowest BCUT2D eigenvalue weighted by atomic mass is 9.96. The van der Waals surface area contributed by atoms with Crippen LogP contribution >= 0.6 is 11.3 Å². The maximum atomic E-state index is 12.3. The van der Waals surface area contributed by atoms with Crippen LogP contribution in [0.25, 0.3) is 0 Å². The highest BCUT2D eigenvalue weighted by Crippen LogP contribution is 2.35. The van der Waals surface area contributed by atoms with E-state index >= 15 is 0 Å². The molecule has 0 amide bonds. The molecule has 3 rings (SSSR count).